The van der Waals surface area contributed by atoms with Gasteiger partial charge in [0, 0.05) is 11.6 Å². The Morgan fingerprint density at radius 2 is 2.29 bits per heavy atom. The molecule has 74 valence electrons. The van der Waals surface area contributed by atoms with Crippen molar-refractivity contribution in [2.24, 2.45) is 0 Å². The summed E-state index contributed by atoms with van der Waals surface area (Å²) in [6.45, 7) is 0.854. The first-order chi connectivity index (χ1) is 6.74. The molecule has 0 saturated carbocycles. The molecule has 0 amide bonds. The third-order valence-electron chi connectivity index (χ3n) is 1.78. The first-order valence-electron chi connectivity index (χ1n) is 4.25. The molecule has 0 radical (unpaired) electrons. The standard InChI is InChI=1S/C10H10ClFN2/c11-9-1-2-10(12)8(7-9)3-5-14-6-4-13/h1-2,7,14H,3,5-6H2. The molecule has 2 nitrogen and oxygen atoms in total. The Bertz CT molecular complexity index is 346. The maximum absolute atomic E-state index is 13.1. The Kier molecular flexibility index (Phi) is 4.37. The Balaban J connectivity index is 2.50. The highest BCUT2D eigenvalue weighted by atomic mass is 35.5. The average molecular weight is 213 g/mol. The molecule has 0 aliphatic heterocycles. The minimum absolute atomic E-state index is 0.256. The molecular formula is C10H10ClFN2. The van der Waals surface area contributed by atoms with Gasteiger partial charge in [0.1, 0.15) is 5.82 Å². The van der Waals surface area contributed by atoms with Gasteiger partial charge in [0.2, 0.25) is 0 Å². The van der Waals surface area contributed by atoms with Crippen LogP contribution in [0.25, 0.3) is 0 Å². The molecule has 0 aliphatic rings. The number of rotatable bonds is 4. The number of nitriles is 1. The van der Waals surface area contributed by atoms with Crippen LogP contribution in [0, 0.1) is 17.1 Å². The van der Waals surface area contributed by atoms with Crippen LogP contribution in [0.4, 0.5) is 4.39 Å². The monoisotopic (exact) mass is 212 g/mol. The molecule has 0 saturated heterocycles. The van der Waals surface area contributed by atoms with E-state index < -0.39 is 0 Å². The van der Waals surface area contributed by atoms with Crippen LogP contribution in [-0.2, 0) is 6.42 Å². The molecule has 1 aromatic carbocycles. The number of nitrogens with one attached hydrogen (secondary N) is 1. The zero-order chi connectivity index (χ0) is 10.4. The van der Waals surface area contributed by atoms with E-state index in [2.05, 4.69) is 5.32 Å². The van der Waals surface area contributed by atoms with Crippen LogP contribution in [0.15, 0.2) is 18.2 Å². The van der Waals surface area contributed by atoms with E-state index >= 15 is 0 Å². The third-order valence-corrected chi connectivity index (χ3v) is 2.02. The van der Waals surface area contributed by atoms with Crippen molar-refractivity contribution >= 4 is 11.6 Å². The van der Waals surface area contributed by atoms with Crippen molar-refractivity contribution in [3.05, 3.63) is 34.6 Å². The molecule has 0 bridgehead atoms. The Labute approximate surface area is 87.3 Å². The summed E-state index contributed by atoms with van der Waals surface area (Å²) in [5.41, 5.74) is 0.572. The van der Waals surface area contributed by atoms with Crippen molar-refractivity contribution in [3.8, 4) is 6.07 Å². The van der Waals surface area contributed by atoms with Crippen molar-refractivity contribution in [1.82, 2.24) is 5.32 Å². The first kappa shape index (κ1) is 11.0. The highest BCUT2D eigenvalue weighted by molar-refractivity contribution is 6.30. The van der Waals surface area contributed by atoms with Crippen molar-refractivity contribution in [2.45, 2.75) is 6.42 Å². The van der Waals surface area contributed by atoms with Crippen LogP contribution in [-0.4, -0.2) is 13.1 Å². The molecule has 1 rings (SSSR count). The second-order valence-electron chi connectivity index (χ2n) is 2.82. The zero-order valence-electron chi connectivity index (χ0n) is 7.56. The lowest BCUT2D eigenvalue weighted by atomic mass is 10.1. The molecule has 14 heavy (non-hydrogen) atoms. The van der Waals surface area contributed by atoms with Gasteiger partial charge in [-0.1, -0.05) is 11.6 Å². The molecule has 0 unspecified atom stereocenters. The van der Waals surface area contributed by atoms with Gasteiger partial charge in [-0.3, -0.25) is 0 Å². The van der Waals surface area contributed by atoms with E-state index in [1.54, 1.807) is 6.07 Å². The largest absolute Gasteiger partial charge is 0.304 e. The van der Waals surface area contributed by atoms with Gasteiger partial charge >= 0.3 is 0 Å². The highest BCUT2D eigenvalue weighted by Gasteiger charge is 2.01. The van der Waals surface area contributed by atoms with Crippen molar-refractivity contribution in [1.29, 1.82) is 5.26 Å². The lowest BCUT2D eigenvalue weighted by Crippen LogP contribution is -2.17. The van der Waals surface area contributed by atoms with Crippen LogP contribution >= 0.6 is 11.6 Å². The van der Waals surface area contributed by atoms with Crippen molar-refractivity contribution < 1.29 is 4.39 Å². The van der Waals surface area contributed by atoms with E-state index in [9.17, 15) is 4.39 Å². The predicted molar refractivity (Wildman–Crippen MR) is 53.6 cm³/mol. The first-order valence-corrected chi connectivity index (χ1v) is 4.63. The van der Waals surface area contributed by atoms with E-state index in [4.69, 9.17) is 16.9 Å². The summed E-state index contributed by atoms with van der Waals surface area (Å²) in [5, 5.41) is 11.6. The Morgan fingerprint density at radius 3 is 3.00 bits per heavy atom. The van der Waals surface area contributed by atoms with Gasteiger partial charge in [0.15, 0.2) is 0 Å². The summed E-state index contributed by atoms with van der Waals surface area (Å²) in [6.07, 6.45) is 0.536. The second-order valence-corrected chi connectivity index (χ2v) is 3.26. The van der Waals surface area contributed by atoms with E-state index in [0.717, 1.165) is 0 Å². The maximum Gasteiger partial charge on any atom is 0.126 e. The second kappa shape index (κ2) is 5.58. The summed E-state index contributed by atoms with van der Waals surface area (Å²) in [7, 11) is 0. The van der Waals surface area contributed by atoms with E-state index in [0.29, 0.717) is 23.6 Å². The number of hydrogen-bond acceptors (Lipinski definition) is 2. The highest BCUT2D eigenvalue weighted by Crippen LogP contribution is 2.14. The van der Waals surface area contributed by atoms with Gasteiger partial charge in [0.05, 0.1) is 12.6 Å². The number of halogens is 2. The van der Waals surface area contributed by atoms with E-state index in [1.807, 2.05) is 6.07 Å². The minimum Gasteiger partial charge on any atom is -0.304 e. The van der Waals surface area contributed by atoms with Crippen molar-refractivity contribution in [3.63, 3.8) is 0 Å². The van der Waals surface area contributed by atoms with Crippen molar-refractivity contribution in [2.75, 3.05) is 13.1 Å². The normalized spacial score (nSPS) is 9.79. The lowest BCUT2D eigenvalue weighted by molar-refractivity contribution is 0.603. The van der Waals surface area contributed by atoms with Gasteiger partial charge in [-0.2, -0.15) is 5.26 Å². The molecule has 1 N–H and O–H groups in total. The van der Waals surface area contributed by atoms with Crippen LogP contribution in [0.1, 0.15) is 5.56 Å². The molecule has 4 heteroatoms. The summed E-state index contributed by atoms with van der Waals surface area (Å²) in [4.78, 5) is 0. The minimum atomic E-state index is -0.256. The van der Waals surface area contributed by atoms with E-state index in [-0.39, 0.29) is 12.4 Å². The summed E-state index contributed by atoms with van der Waals surface area (Å²) >= 11 is 5.72. The van der Waals surface area contributed by atoms with Gasteiger partial charge in [-0.15, -0.1) is 0 Å². The van der Waals surface area contributed by atoms with E-state index in [1.165, 1.54) is 12.1 Å². The smallest absolute Gasteiger partial charge is 0.126 e. The summed E-state index contributed by atoms with van der Waals surface area (Å²) in [5.74, 6) is -0.256. The summed E-state index contributed by atoms with van der Waals surface area (Å²) < 4.78 is 13.1. The topological polar surface area (TPSA) is 35.8 Å². The fourth-order valence-corrected chi connectivity index (χ4v) is 1.30. The molecule has 0 heterocycles. The number of hydrogen-bond donors (Lipinski definition) is 1. The van der Waals surface area contributed by atoms with Gasteiger partial charge in [0.25, 0.3) is 0 Å². The molecule has 0 aromatic heterocycles. The molecule has 1 aromatic rings. The molecule has 0 aliphatic carbocycles. The quantitative estimate of drug-likeness (QED) is 0.613. The lowest BCUT2D eigenvalue weighted by Gasteiger charge is -2.03. The van der Waals surface area contributed by atoms with Crippen LogP contribution in [0.3, 0.4) is 0 Å². The molecule has 0 fully saturated rings. The Hall–Kier alpha value is -1.11. The fraction of sp³-hybridized carbons (Fsp3) is 0.300. The van der Waals surface area contributed by atoms with Gasteiger partial charge in [-0.25, -0.2) is 4.39 Å². The van der Waals surface area contributed by atoms with Crippen LogP contribution in [0.2, 0.25) is 5.02 Å². The molecule has 0 atom stereocenters. The third kappa shape index (κ3) is 3.33. The zero-order valence-corrected chi connectivity index (χ0v) is 8.31. The van der Waals surface area contributed by atoms with Crippen LogP contribution in [0.5, 0.6) is 0 Å². The summed E-state index contributed by atoms with van der Waals surface area (Å²) in [6, 6.07) is 6.42. The van der Waals surface area contributed by atoms with Gasteiger partial charge in [-0.05, 0) is 30.2 Å². The molecule has 0 spiro atoms. The number of nitrogens with zero attached hydrogens (tertiary/aromatic N) is 1. The number of benzene rings is 1. The fourth-order valence-electron chi connectivity index (χ4n) is 1.10. The predicted octanol–water partition coefficient (Wildman–Crippen LogP) is 2.13. The van der Waals surface area contributed by atoms with Gasteiger partial charge < -0.3 is 5.32 Å². The Morgan fingerprint density at radius 1 is 1.50 bits per heavy atom. The maximum atomic E-state index is 13.1. The van der Waals surface area contributed by atoms with Crippen LogP contribution < -0.4 is 5.32 Å². The SMILES string of the molecule is N#CCNCCc1cc(Cl)ccc1F. The molecular weight excluding hydrogens is 203 g/mol. The average Bonchev–Trinajstić information content (AvgIpc) is 2.18.